The van der Waals surface area contributed by atoms with Crippen LogP contribution in [0.4, 0.5) is 5.82 Å². The molecule has 1 amide bonds. The first-order valence-corrected chi connectivity index (χ1v) is 9.65. The van der Waals surface area contributed by atoms with Crippen molar-refractivity contribution >= 4 is 34.5 Å². The first kappa shape index (κ1) is 18.7. The smallest absolute Gasteiger partial charge is 0.259 e. The molecule has 0 aliphatic carbocycles. The maximum absolute atomic E-state index is 12.6. The summed E-state index contributed by atoms with van der Waals surface area (Å²) in [4.78, 5) is 26.9. The van der Waals surface area contributed by atoms with E-state index in [1.807, 2.05) is 30.3 Å². The van der Waals surface area contributed by atoms with Gasteiger partial charge in [0.1, 0.15) is 17.8 Å². The van der Waals surface area contributed by atoms with E-state index in [4.69, 9.17) is 5.73 Å². The van der Waals surface area contributed by atoms with Gasteiger partial charge in [-0.05, 0) is 25.8 Å². The molecule has 0 saturated heterocycles. The molecule has 0 aromatic carbocycles. The van der Waals surface area contributed by atoms with E-state index in [1.165, 1.54) is 18.1 Å². The number of amides is 1. The molecule has 1 aliphatic heterocycles. The molecule has 0 spiro atoms. The fourth-order valence-electron chi connectivity index (χ4n) is 2.80. The number of aliphatic hydroxyl groups is 1. The van der Waals surface area contributed by atoms with Gasteiger partial charge in [0.2, 0.25) is 0 Å². The number of carbonyl (C=O) groups is 1. The summed E-state index contributed by atoms with van der Waals surface area (Å²) in [7, 11) is 0. The number of nitrogens with zero attached hydrogens (tertiary/aromatic N) is 3. The zero-order valence-electron chi connectivity index (χ0n) is 14.7. The van der Waals surface area contributed by atoms with E-state index in [1.54, 1.807) is 0 Å². The second kappa shape index (κ2) is 8.52. The highest BCUT2D eigenvalue weighted by molar-refractivity contribution is 8.04. The topological polar surface area (TPSA) is 120 Å². The third-order valence-corrected chi connectivity index (χ3v) is 5.26. The van der Waals surface area contributed by atoms with Crippen LogP contribution in [0.1, 0.15) is 19.8 Å². The molecule has 5 N–H and O–H groups in total. The number of aromatic nitrogens is 3. The summed E-state index contributed by atoms with van der Waals surface area (Å²) in [5.41, 5.74) is 6.19. The number of hydrogen-bond donors (Lipinski definition) is 4. The second-order valence-corrected chi connectivity index (χ2v) is 7.45. The Morgan fingerprint density at radius 3 is 3.15 bits per heavy atom. The number of aromatic amines is 1. The van der Waals surface area contributed by atoms with Crippen LogP contribution in [0.5, 0.6) is 0 Å². The van der Waals surface area contributed by atoms with Crippen LogP contribution in [0.25, 0.3) is 11.0 Å². The number of H-pyrrole nitrogens is 1. The summed E-state index contributed by atoms with van der Waals surface area (Å²) < 4.78 is 0. The predicted octanol–water partition coefficient (Wildman–Crippen LogP) is 0.957. The largest absolute Gasteiger partial charge is 0.392 e. The van der Waals surface area contributed by atoms with Gasteiger partial charge in [-0.1, -0.05) is 0 Å². The van der Waals surface area contributed by atoms with E-state index >= 15 is 0 Å². The molecule has 2 aromatic heterocycles. The van der Waals surface area contributed by atoms with Gasteiger partial charge < -0.3 is 26.0 Å². The molecule has 0 bridgehead atoms. The average Bonchev–Trinajstić information content (AvgIpc) is 3.15. The van der Waals surface area contributed by atoms with E-state index in [9.17, 15) is 9.90 Å². The van der Waals surface area contributed by atoms with E-state index in [2.05, 4.69) is 20.3 Å². The fraction of sp³-hybridized carbons (Fsp3) is 0.471. The van der Waals surface area contributed by atoms with E-state index in [-0.39, 0.29) is 18.5 Å². The second-order valence-electron chi connectivity index (χ2n) is 6.31. The lowest BCUT2D eigenvalue weighted by Crippen LogP contribution is -2.36. The van der Waals surface area contributed by atoms with Gasteiger partial charge in [0.25, 0.3) is 5.91 Å². The predicted molar refractivity (Wildman–Crippen MR) is 104 cm³/mol. The Morgan fingerprint density at radius 2 is 2.35 bits per heavy atom. The van der Waals surface area contributed by atoms with Gasteiger partial charge >= 0.3 is 0 Å². The van der Waals surface area contributed by atoms with Crippen molar-refractivity contribution < 1.29 is 9.90 Å². The van der Waals surface area contributed by atoms with Crippen LogP contribution in [-0.2, 0) is 4.79 Å². The summed E-state index contributed by atoms with van der Waals surface area (Å²) in [5.74, 6) is 1.49. The maximum atomic E-state index is 12.6. The zero-order valence-corrected chi connectivity index (χ0v) is 15.5. The Morgan fingerprint density at radius 1 is 1.50 bits per heavy atom. The summed E-state index contributed by atoms with van der Waals surface area (Å²) in [6.45, 7) is 2.95. The summed E-state index contributed by atoms with van der Waals surface area (Å²) in [6, 6.07) is 1.90. The van der Waals surface area contributed by atoms with Gasteiger partial charge in [0, 0.05) is 37.3 Å². The Kier molecular flexibility index (Phi) is 6.12. The number of nitrogens with one attached hydrogen (secondary N) is 2. The van der Waals surface area contributed by atoms with Crippen molar-refractivity contribution in [1.29, 1.82) is 0 Å². The van der Waals surface area contributed by atoms with Crippen LogP contribution in [0.3, 0.4) is 0 Å². The molecule has 1 aliphatic rings. The van der Waals surface area contributed by atoms with E-state index in [0.717, 1.165) is 29.1 Å². The molecule has 2 aromatic rings. The minimum atomic E-state index is -0.519. The molecular formula is C17H24N6O2S. The summed E-state index contributed by atoms with van der Waals surface area (Å²) in [6.07, 6.45) is 5.93. The molecular weight excluding hydrogens is 352 g/mol. The number of hydrogen-bond acceptors (Lipinski definition) is 7. The van der Waals surface area contributed by atoms with Crippen molar-refractivity contribution in [3.63, 3.8) is 0 Å². The number of fused-ring (bicyclic) bond motifs is 1. The van der Waals surface area contributed by atoms with Gasteiger partial charge in [0.15, 0.2) is 0 Å². The highest BCUT2D eigenvalue weighted by atomic mass is 32.2. The molecule has 26 heavy (non-hydrogen) atoms. The minimum Gasteiger partial charge on any atom is -0.392 e. The summed E-state index contributed by atoms with van der Waals surface area (Å²) in [5, 5.41) is 13.5. The number of aliphatic hydroxyl groups excluding tert-OH is 1. The molecule has 8 nitrogen and oxygen atoms in total. The molecule has 0 radical (unpaired) electrons. The van der Waals surface area contributed by atoms with Crippen LogP contribution >= 0.6 is 11.8 Å². The van der Waals surface area contributed by atoms with Crippen LogP contribution in [-0.4, -0.2) is 57.0 Å². The molecule has 3 rings (SSSR count). The normalized spacial score (nSPS) is 17.0. The summed E-state index contributed by atoms with van der Waals surface area (Å²) >= 11 is 1.53. The van der Waals surface area contributed by atoms with Crippen molar-refractivity contribution in [2.75, 3.05) is 23.7 Å². The van der Waals surface area contributed by atoms with Crippen molar-refractivity contribution in [1.82, 2.24) is 20.3 Å². The lowest BCUT2D eigenvalue weighted by Gasteiger charge is -2.26. The van der Waals surface area contributed by atoms with Crippen LogP contribution in [0.15, 0.2) is 29.7 Å². The molecule has 9 heteroatoms. The number of thioether (sulfide) groups is 1. The highest BCUT2D eigenvalue weighted by Gasteiger charge is 2.21. The first-order chi connectivity index (χ1) is 12.6. The van der Waals surface area contributed by atoms with Crippen LogP contribution in [0.2, 0.25) is 0 Å². The molecule has 2 atom stereocenters. The average molecular weight is 376 g/mol. The molecule has 0 saturated carbocycles. The molecule has 2 unspecified atom stereocenters. The van der Waals surface area contributed by atoms with Crippen molar-refractivity contribution in [2.45, 2.75) is 31.9 Å². The van der Waals surface area contributed by atoms with Gasteiger partial charge in [-0.3, -0.25) is 4.79 Å². The molecule has 0 fully saturated rings. The van der Waals surface area contributed by atoms with Gasteiger partial charge in [-0.15, -0.1) is 11.8 Å². The molecule has 140 valence electrons. The standard InChI is InChI=1S/C17H24N6O2S/c1-11(2-3-12(24)8-18)22-17(25)14-9-23(6-7-26-14)16-13-4-5-19-15(13)20-10-21-16/h4-5,9-12,24H,2-3,6-8,18H2,1H3,(H,22,25)(H,19,20,21). The quantitative estimate of drug-likeness (QED) is 0.568. The first-order valence-electron chi connectivity index (χ1n) is 8.67. The Hall–Kier alpha value is -2.10. The Balaban J connectivity index is 1.68. The van der Waals surface area contributed by atoms with E-state index in [0.29, 0.717) is 17.7 Å². The lowest BCUT2D eigenvalue weighted by atomic mass is 10.1. The molecule has 3 heterocycles. The van der Waals surface area contributed by atoms with Crippen molar-refractivity contribution in [3.8, 4) is 0 Å². The van der Waals surface area contributed by atoms with Crippen LogP contribution in [0, 0.1) is 0 Å². The Labute approximate surface area is 156 Å². The third kappa shape index (κ3) is 4.35. The number of anilines is 1. The Bertz CT molecular complexity index is 792. The monoisotopic (exact) mass is 376 g/mol. The fourth-order valence-corrected chi connectivity index (χ4v) is 3.70. The van der Waals surface area contributed by atoms with Crippen molar-refractivity contribution in [2.24, 2.45) is 5.73 Å². The third-order valence-electron chi connectivity index (χ3n) is 4.27. The van der Waals surface area contributed by atoms with E-state index < -0.39 is 6.10 Å². The lowest BCUT2D eigenvalue weighted by molar-refractivity contribution is -0.117. The van der Waals surface area contributed by atoms with Gasteiger partial charge in [-0.2, -0.15) is 0 Å². The minimum absolute atomic E-state index is 0.0315. The van der Waals surface area contributed by atoms with Gasteiger partial charge in [0.05, 0.1) is 16.4 Å². The number of nitrogens with two attached hydrogens (primary N) is 1. The zero-order chi connectivity index (χ0) is 18.5. The van der Waals surface area contributed by atoms with Crippen molar-refractivity contribution in [3.05, 3.63) is 29.7 Å². The maximum Gasteiger partial charge on any atom is 0.259 e. The van der Waals surface area contributed by atoms with Crippen LogP contribution < -0.4 is 16.0 Å². The highest BCUT2D eigenvalue weighted by Crippen LogP contribution is 2.29. The SMILES string of the molecule is CC(CCC(O)CN)NC(=O)C1=CN(c2ncnc3[nH]ccc23)CCS1. The van der Waals surface area contributed by atoms with Gasteiger partial charge in [-0.25, -0.2) is 9.97 Å². The number of carbonyl (C=O) groups excluding carboxylic acids is 1. The number of rotatable bonds is 7.